The molecule has 0 spiro atoms. The van der Waals surface area contributed by atoms with E-state index in [-0.39, 0.29) is 5.69 Å². The Kier molecular flexibility index (Phi) is 5.01. The number of para-hydroxylation sites is 1. The Labute approximate surface area is 144 Å². The van der Waals surface area contributed by atoms with E-state index in [9.17, 15) is 10.1 Å². The van der Waals surface area contributed by atoms with E-state index in [0.29, 0.717) is 11.4 Å². The number of rotatable bonds is 6. The molecule has 0 aliphatic heterocycles. The van der Waals surface area contributed by atoms with Crippen LogP contribution < -0.4 is 10.2 Å². The van der Waals surface area contributed by atoms with Crippen molar-refractivity contribution in [3.05, 3.63) is 94.5 Å². The fraction of sp³-hybridized carbons (Fsp3) is 0. The van der Waals surface area contributed by atoms with Gasteiger partial charge >= 0.3 is 0 Å². The van der Waals surface area contributed by atoms with E-state index in [0.717, 1.165) is 11.3 Å². The molecule has 0 bridgehead atoms. The summed E-state index contributed by atoms with van der Waals surface area (Å²) < 4.78 is 5.77. The minimum absolute atomic E-state index is 0.0125. The van der Waals surface area contributed by atoms with Crippen LogP contribution in [0, 0.1) is 10.1 Å². The molecule has 0 aromatic heterocycles. The maximum atomic E-state index is 10.8. The topological polar surface area (TPSA) is 76.8 Å². The number of ether oxygens (including phenoxy) is 1. The third-order valence-corrected chi connectivity index (χ3v) is 3.30. The number of anilines is 1. The van der Waals surface area contributed by atoms with Crippen molar-refractivity contribution in [1.29, 1.82) is 0 Å². The van der Waals surface area contributed by atoms with Gasteiger partial charge in [0.15, 0.2) is 0 Å². The van der Waals surface area contributed by atoms with Gasteiger partial charge in [-0.05, 0) is 35.9 Å². The van der Waals surface area contributed by atoms with Crippen LogP contribution in [0.1, 0.15) is 5.56 Å². The van der Waals surface area contributed by atoms with E-state index in [1.807, 2.05) is 54.6 Å². The molecule has 0 aliphatic carbocycles. The minimum Gasteiger partial charge on any atom is -0.457 e. The quantitative estimate of drug-likeness (QED) is 0.398. The number of nitro groups is 1. The van der Waals surface area contributed by atoms with Crippen molar-refractivity contribution in [3.63, 3.8) is 0 Å². The first-order valence-electron chi connectivity index (χ1n) is 7.57. The van der Waals surface area contributed by atoms with Crippen LogP contribution in [0.25, 0.3) is 0 Å². The summed E-state index contributed by atoms with van der Waals surface area (Å²) in [4.78, 5) is 10.3. The monoisotopic (exact) mass is 333 g/mol. The lowest BCUT2D eigenvalue weighted by atomic mass is 10.2. The molecule has 6 nitrogen and oxygen atoms in total. The number of benzene rings is 3. The molecular formula is C19H15N3O3. The van der Waals surface area contributed by atoms with Crippen molar-refractivity contribution < 1.29 is 9.66 Å². The Balaban J connectivity index is 1.66. The van der Waals surface area contributed by atoms with Crippen LogP contribution in [-0.4, -0.2) is 11.1 Å². The maximum absolute atomic E-state index is 10.8. The number of non-ortho nitro benzene ring substituents is 1. The molecule has 3 rings (SSSR count). The standard InChI is InChI=1S/C19H15N3O3/c23-22(24)17-8-5-7-16(13-17)21-20-14-15-6-4-11-19(12-15)25-18-9-2-1-3-10-18/h1-14,21H/b20-14+. The van der Waals surface area contributed by atoms with Gasteiger partial charge in [0.2, 0.25) is 0 Å². The van der Waals surface area contributed by atoms with Gasteiger partial charge in [-0.25, -0.2) is 0 Å². The van der Waals surface area contributed by atoms with Crippen molar-refractivity contribution in [3.8, 4) is 11.5 Å². The van der Waals surface area contributed by atoms with Gasteiger partial charge in [0.1, 0.15) is 11.5 Å². The highest BCUT2D eigenvalue weighted by atomic mass is 16.6. The van der Waals surface area contributed by atoms with Gasteiger partial charge in [-0.1, -0.05) is 36.4 Å². The summed E-state index contributed by atoms with van der Waals surface area (Å²) in [5.74, 6) is 1.46. The molecule has 3 aromatic carbocycles. The van der Waals surface area contributed by atoms with E-state index < -0.39 is 4.92 Å². The largest absolute Gasteiger partial charge is 0.457 e. The summed E-state index contributed by atoms with van der Waals surface area (Å²) >= 11 is 0. The van der Waals surface area contributed by atoms with Crippen LogP contribution in [0.5, 0.6) is 11.5 Å². The number of nitrogens with one attached hydrogen (secondary N) is 1. The summed E-state index contributed by atoms with van der Waals surface area (Å²) in [5, 5.41) is 14.9. The number of hydrogen-bond donors (Lipinski definition) is 1. The second kappa shape index (κ2) is 7.74. The second-order valence-electron chi connectivity index (χ2n) is 5.17. The van der Waals surface area contributed by atoms with Gasteiger partial charge in [-0.15, -0.1) is 0 Å². The van der Waals surface area contributed by atoms with Gasteiger partial charge in [0.25, 0.3) is 5.69 Å². The third kappa shape index (κ3) is 4.65. The lowest BCUT2D eigenvalue weighted by molar-refractivity contribution is -0.384. The summed E-state index contributed by atoms with van der Waals surface area (Å²) in [6.45, 7) is 0. The lowest BCUT2D eigenvalue weighted by Gasteiger charge is -2.05. The SMILES string of the molecule is O=[N+]([O-])c1cccc(N/N=C/c2cccc(Oc3ccccc3)c2)c1. The normalized spacial score (nSPS) is 10.6. The van der Waals surface area contributed by atoms with E-state index in [2.05, 4.69) is 10.5 Å². The summed E-state index contributed by atoms with van der Waals surface area (Å²) in [5.41, 5.74) is 4.18. The highest BCUT2D eigenvalue weighted by molar-refractivity contribution is 5.80. The van der Waals surface area contributed by atoms with E-state index in [1.54, 1.807) is 18.3 Å². The van der Waals surface area contributed by atoms with E-state index >= 15 is 0 Å². The molecule has 124 valence electrons. The zero-order valence-electron chi connectivity index (χ0n) is 13.2. The van der Waals surface area contributed by atoms with Crippen LogP contribution in [0.15, 0.2) is 84.0 Å². The Hall–Kier alpha value is -3.67. The van der Waals surface area contributed by atoms with Gasteiger partial charge in [0, 0.05) is 12.1 Å². The third-order valence-electron chi connectivity index (χ3n) is 3.30. The van der Waals surface area contributed by atoms with Crippen LogP contribution in [0.4, 0.5) is 11.4 Å². The molecule has 0 saturated heterocycles. The Morgan fingerprint density at radius 2 is 1.68 bits per heavy atom. The lowest BCUT2D eigenvalue weighted by Crippen LogP contribution is -1.93. The zero-order chi connectivity index (χ0) is 17.5. The summed E-state index contributed by atoms with van der Waals surface area (Å²) in [6.07, 6.45) is 1.62. The van der Waals surface area contributed by atoms with Gasteiger partial charge in [-0.2, -0.15) is 5.10 Å². The molecule has 0 unspecified atom stereocenters. The van der Waals surface area contributed by atoms with Crippen molar-refractivity contribution >= 4 is 17.6 Å². The van der Waals surface area contributed by atoms with Crippen molar-refractivity contribution in [1.82, 2.24) is 0 Å². The molecule has 0 saturated carbocycles. The molecule has 0 heterocycles. The molecule has 0 fully saturated rings. The first kappa shape index (κ1) is 16.2. The molecular weight excluding hydrogens is 318 g/mol. The Morgan fingerprint density at radius 1 is 0.920 bits per heavy atom. The molecule has 3 aromatic rings. The average Bonchev–Trinajstić information content (AvgIpc) is 2.63. The number of nitro benzene ring substituents is 1. The van der Waals surface area contributed by atoms with Gasteiger partial charge in [-0.3, -0.25) is 15.5 Å². The Bertz CT molecular complexity index is 895. The predicted octanol–water partition coefficient (Wildman–Crippen LogP) is 4.83. The van der Waals surface area contributed by atoms with E-state index in [1.165, 1.54) is 12.1 Å². The fourth-order valence-electron chi connectivity index (χ4n) is 2.15. The number of nitrogens with zero attached hydrogens (tertiary/aromatic N) is 2. The molecule has 0 radical (unpaired) electrons. The maximum Gasteiger partial charge on any atom is 0.271 e. The smallest absolute Gasteiger partial charge is 0.271 e. The zero-order valence-corrected chi connectivity index (χ0v) is 13.2. The molecule has 0 atom stereocenters. The highest BCUT2D eigenvalue weighted by Crippen LogP contribution is 2.21. The van der Waals surface area contributed by atoms with Crippen molar-refractivity contribution in [2.75, 3.05) is 5.43 Å². The predicted molar refractivity (Wildman–Crippen MR) is 97.3 cm³/mol. The fourth-order valence-corrected chi connectivity index (χ4v) is 2.15. The highest BCUT2D eigenvalue weighted by Gasteiger charge is 2.04. The Morgan fingerprint density at radius 3 is 2.48 bits per heavy atom. The van der Waals surface area contributed by atoms with Crippen LogP contribution >= 0.6 is 0 Å². The first-order valence-corrected chi connectivity index (χ1v) is 7.57. The van der Waals surface area contributed by atoms with Gasteiger partial charge < -0.3 is 4.74 Å². The van der Waals surface area contributed by atoms with Crippen molar-refractivity contribution in [2.45, 2.75) is 0 Å². The van der Waals surface area contributed by atoms with Crippen LogP contribution in [0.3, 0.4) is 0 Å². The molecule has 0 amide bonds. The minimum atomic E-state index is -0.445. The van der Waals surface area contributed by atoms with Crippen LogP contribution in [0.2, 0.25) is 0 Å². The number of hydrogen-bond acceptors (Lipinski definition) is 5. The molecule has 1 N–H and O–H groups in total. The van der Waals surface area contributed by atoms with Crippen molar-refractivity contribution in [2.24, 2.45) is 5.10 Å². The van der Waals surface area contributed by atoms with Gasteiger partial charge in [0.05, 0.1) is 16.8 Å². The summed E-state index contributed by atoms with van der Waals surface area (Å²) in [6, 6.07) is 23.1. The number of hydrazone groups is 1. The molecule has 0 aliphatic rings. The second-order valence-corrected chi connectivity index (χ2v) is 5.17. The molecule has 25 heavy (non-hydrogen) atoms. The first-order chi connectivity index (χ1) is 12.2. The molecule has 6 heteroatoms. The van der Waals surface area contributed by atoms with Crippen LogP contribution in [-0.2, 0) is 0 Å². The van der Waals surface area contributed by atoms with E-state index in [4.69, 9.17) is 4.74 Å². The summed E-state index contributed by atoms with van der Waals surface area (Å²) in [7, 11) is 0. The average molecular weight is 333 g/mol.